The third-order valence-corrected chi connectivity index (χ3v) is 9.50. The van der Waals surface area contributed by atoms with Crippen molar-refractivity contribution < 1.29 is 58.5 Å². The number of amides is 8. The van der Waals surface area contributed by atoms with Crippen LogP contribution in [0.15, 0.2) is 35.3 Å². The summed E-state index contributed by atoms with van der Waals surface area (Å²) in [5, 5.41) is 44.7. The molecule has 25 heteroatoms. The number of aliphatic hydroxyl groups is 2. The number of hydrogen-bond acceptors (Lipinski definition) is 14. The van der Waals surface area contributed by atoms with Crippen LogP contribution in [0.4, 0.5) is 0 Å². The van der Waals surface area contributed by atoms with Crippen LogP contribution in [0.1, 0.15) is 70.8 Å². The van der Waals surface area contributed by atoms with Gasteiger partial charge in [0.2, 0.25) is 47.3 Å². The zero-order chi connectivity index (χ0) is 49.1. The average molecular weight is 922 g/mol. The van der Waals surface area contributed by atoms with Crippen molar-refractivity contribution in [3.8, 4) is 0 Å². The van der Waals surface area contributed by atoms with E-state index in [9.17, 15) is 53.4 Å². The molecule has 0 aliphatic carbocycles. The topological polar surface area (TPSA) is 441 Å². The van der Waals surface area contributed by atoms with Gasteiger partial charge in [-0.1, -0.05) is 44.2 Å². The van der Waals surface area contributed by atoms with E-state index in [4.69, 9.17) is 33.8 Å². The fraction of sp³-hybridized carbons (Fsp3) is 0.600. The highest BCUT2D eigenvalue weighted by atomic mass is 16.4. The predicted octanol–water partition coefficient (Wildman–Crippen LogP) is -5.86. The van der Waals surface area contributed by atoms with Crippen molar-refractivity contribution >= 4 is 59.2 Å². The molecule has 0 saturated heterocycles. The molecule has 20 N–H and O–H groups in total. The summed E-state index contributed by atoms with van der Waals surface area (Å²) in [6, 6.07) is -1.24. The minimum Gasteiger partial charge on any atom is -0.480 e. The van der Waals surface area contributed by atoms with Crippen molar-refractivity contribution in [3.63, 3.8) is 0 Å². The standard InChI is InChI=1S/C40H67N13O12/c1-22(2)17-24(42)33(58)49-27(13-14-31(43)56)36(61)51-26(11-6-7-15-41)35(60)52-28(18-23-9-4-3-5-10-23)37(62)50-25(12-8-16-46-40(44)45)34(59)47-19-32(57)48-29(20-54)38(63)53-30(21-55)39(64)65/h3-5,9-10,22,24-30,54-55H,6-8,11-21,41-42H2,1-2H3,(H2,43,56)(H,47,59)(H,48,57)(H,49,58)(H,50,62)(H,51,61)(H,52,60)(H,53,63)(H,64,65)(H4,44,45,46)/t24-,25-,26-,27-,28-,29-,30-/m0/s1. The van der Waals surface area contributed by atoms with Gasteiger partial charge in [-0.15, -0.1) is 0 Å². The van der Waals surface area contributed by atoms with Gasteiger partial charge in [0.1, 0.15) is 36.3 Å². The maximum Gasteiger partial charge on any atom is 0.328 e. The summed E-state index contributed by atoms with van der Waals surface area (Å²) < 4.78 is 0. The molecule has 1 aromatic carbocycles. The van der Waals surface area contributed by atoms with E-state index in [1.807, 2.05) is 19.2 Å². The number of carbonyl (C=O) groups excluding carboxylic acids is 8. The first-order chi connectivity index (χ1) is 30.7. The Morgan fingerprint density at radius 3 is 1.68 bits per heavy atom. The molecule has 0 heterocycles. The number of aliphatic hydroxyl groups excluding tert-OH is 2. The van der Waals surface area contributed by atoms with Gasteiger partial charge < -0.3 is 81.2 Å². The number of guanidine groups is 1. The Bertz CT molecular complexity index is 1760. The summed E-state index contributed by atoms with van der Waals surface area (Å²) >= 11 is 0. The summed E-state index contributed by atoms with van der Waals surface area (Å²) in [5.41, 5.74) is 28.5. The fourth-order valence-corrected chi connectivity index (χ4v) is 6.05. The second-order valence-corrected chi connectivity index (χ2v) is 15.5. The SMILES string of the molecule is CC(C)C[C@H](N)C(=O)N[C@@H](CCC(N)=O)C(=O)N[C@@H](CCCCN)C(=O)N[C@@H](Cc1ccccc1)C(=O)N[C@@H](CCCN=C(N)N)C(=O)NCC(=O)N[C@@H](CO)C(=O)N[C@@H](CO)C(=O)O. The van der Waals surface area contributed by atoms with Crippen molar-refractivity contribution in [2.45, 2.75) is 114 Å². The van der Waals surface area contributed by atoms with Crippen LogP contribution in [0, 0.1) is 5.92 Å². The van der Waals surface area contributed by atoms with Crippen molar-refractivity contribution in [2.75, 3.05) is 32.8 Å². The number of primary amides is 1. The summed E-state index contributed by atoms with van der Waals surface area (Å²) in [6.07, 6.45) is 0.574. The number of benzene rings is 1. The van der Waals surface area contributed by atoms with E-state index in [0.717, 1.165) is 0 Å². The molecule has 0 radical (unpaired) electrons. The minimum absolute atomic E-state index is 0.0276. The summed E-state index contributed by atoms with van der Waals surface area (Å²) in [4.78, 5) is 120. The maximum absolute atomic E-state index is 14.1. The molecule has 0 spiro atoms. The number of rotatable bonds is 32. The molecule has 8 amide bonds. The number of nitrogens with zero attached hydrogens (tertiary/aromatic N) is 1. The van der Waals surface area contributed by atoms with Gasteiger partial charge in [0, 0.05) is 19.4 Å². The van der Waals surface area contributed by atoms with Gasteiger partial charge in [0.05, 0.1) is 25.8 Å². The van der Waals surface area contributed by atoms with Crippen LogP contribution in [-0.2, 0) is 49.6 Å². The Morgan fingerprint density at radius 2 is 1.14 bits per heavy atom. The quantitative estimate of drug-likeness (QED) is 0.0182. The molecule has 0 saturated carbocycles. The van der Waals surface area contributed by atoms with E-state index < -0.39 is 115 Å². The molecule has 0 aromatic heterocycles. The number of aliphatic imine (C=N–C) groups is 1. The van der Waals surface area contributed by atoms with Gasteiger partial charge in [-0.2, -0.15) is 0 Å². The van der Waals surface area contributed by atoms with Crippen LogP contribution in [-0.4, -0.2) is 150 Å². The van der Waals surface area contributed by atoms with Crippen LogP contribution in [0.2, 0.25) is 0 Å². The van der Waals surface area contributed by atoms with Crippen LogP contribution in [0.3, 0.4) is 0 Å². The molecule has 1 aromatic rings. The number of nitrogens with two attached hydrogens (primary N) is 5. The molecule has 0 aliphatic heterocycles. The summed E-state index contributed by atoms with van der Waals surface area (Å²) in [6.45, 7) is 1.27. The fourth-order valence-electron chi connectivity index (χ4n) is 6.05. The Hall–Kier alpha value is -6.44. The maximum atomic E-state index is 14.1. The number of carboxylic acid groups (broad SMARTS) is 1. The average Bonchev–Trinajstić information content (AvgIpc) is 3.25. The van der Waals surface area contributed by atoms with Gasteiger partial charge in [0.25, 0.3) is 0 Å². The molecule has 25 nitrogen and oxygen atoms in total. The molecule has 7 atom stereocenters. The van der Waals surface area contributed by atoms with E-state index >= 15 is 0 Å². The number of carbonyl (C=O) groups is 9. The first kappa shape index (κ1) is 56.6. The van der Waals surface area contributed by atoms with Crippen molar-refractivity contribution in [1.82, 2.24) is 37.2 Å². The van der Waals surface area contributed by atoms with E-state index in [-0.39, 0.29) is 63.5 Å². The predicted molar refractivity (Wildman–Crippen MR) is 235 cm³/mol. The first-order valence-corrected chi connectivity index (χ1v) is 21.1. The monoisotopic (exact) mass is 922 g/mol. The molecule has 0 aliphatic rings. The molecule has 0 fully saturated rings. The zero-order valence-electron chi connectivity index (χ0n) is 36.8. The van der Waals surface area contributed by atoms with Crippen molar-refractivity contribution in [1.29, 1.82) is 0 Å². The largest absolute Gasteiger partial charge is 0.480 e. The molecule has 364 valence electrons. The first-order valence-electron chi connectivity index (χ1n) is 21.1. The Labute approximate surface area is 376 Å². The third-order valence-electron chi connectivity index (χ3n) is 9.50. The van der Waals surface area contributed by atoms with E-state index in [2.05, 4.69) is 36.9 Å². The summed E-state index contributed by atoms with van der Waals surface area (Å²) in [7, 11) is 0. The van der Waals surface area contributed by atoms with Gasteiger partial charge in [0.15, 0.2) is 5.96 Å². The number of nitrogens with one attached hydrogen (secondary N) is 7. The molecule has 1 rings (SSSR count). The molecular formula is C40H67N13O12. The molecule has 0 bridgehead atoms. The van der Waals surface area contributed by atoms with E-state index in [0.29, 0.717) is 24.8 Å². The lowest BCUT2D eigenvalue weighted by atomic mass is 10.0. The normalized spacial score (nSPS) is 14.1. The second-order valence-electron chi connectivity index (χ2n) is 15.5. The lowest BCUT2D eigenvalue weighted by Crippen LogP contribution is -2.59. The Morgan fingerprint density at radius 1 is 0.631 bits per heavy atom. The van der Waals surface area contributed by atoms with Gasteiger partial charge >= 0.3 is 5.97 Å². The van der Waals surface area contributed by atoms with Crippen LogP contribution >= 0.6 is 0 Å². The molecule has 65 heavy (non-hydrogen) atoms. The Balaban J connectivity index is 3.41. The second kappa shape index (κ2) is 30.6. The van der Waals surface area contributed by atoms with Gasteiger partial charge in [-0.05, 0) is 63.0 Å². The molecular weight excluding hydrogens is 855 g/mol. The van der Waals surface area contributed by atoms with Gasteiger partial charge in [-0.25, -0.2) is 4.79 Å². The molecule has 0 unspecified atom stereocenters. The highest BCUT2D eigenvalue weighted by Gasteiger charge is 2.33. The third kappa shape index (κ3) is 23.2. The van der Waals surface area contributed by atoms with Crippen molar-refractivity contribution in [2.24, 2.45) is 39.6 Å². The minimum atomic E-state index is -1.72. The summed E-state index contributed by atoms with van der Waals surface area (Å²) in [5.74, 6) is -8.69. The van der Waals surface area contributed by atoms with Gasteiger partial charge in [-0.3, -0.25) is 43.3 Å². The van der Waals surface area contributed by atoms with Crippen LogP contribution < -0.4 is 65.9 Å². The highest BCUT2D eigenvalue weighted by molar-refractivity contribution is 5.97. The van der Waals surface area contributed by atoms with Crippen LogP contribution in [0.25, 0.3) is 0 Å². The number of aliphatic carboxylic acids is 1. The van der Waals surface area contributed by atoms with E-state index in [1.54, 1.807) is 30.3 Å². The number of hydrogen-bond donors (Lipinski definition) is 15. The lowest BCUT2D eigenvalue weighted by Gasteiger charge is -2.27. The smallest absolute Gasteiger partial charge is 0.328 e. The number of unbranched alkanes of at least 4 members (excludes halogenated alkanes) is 1. The zero-order valence-corrected chi connectivity index (χ0v) is 36.8. The van der Waals surface area contributed by atoms with E-state index in [1.165, 1.54) is 0 Å². The number of carboxylic acids is 1. The van der Waals surface area contributed by atoms with Crippen LogP contribution in [0.5, 0.6) is 0 Å². The lowest BCUT2D eigenvalue weighted by molar-refractivity contribution is -0.143. The highest BCUT2D eigenvalue weighted by Crippen LogP contribution is 2.10. The van der Waals surface area contributed by atoms with Crippen molar-refractivity contribution in [3.05, 3.63) is 35.9 Å². The Kier molecular flexibility index (Phi) is 26.6.